The zero-order chi connectivity index (χ0) is 14.8. The molecule has 0 aromatic rings. The summed E-state index contributed by atoms with van der Waals surface area (Å²) >= 11 is 0. The molecule has 1 rings (SSSR count). The third-order valence-electron chi connectivity index (χ3n) is 3.38. The van der Waals surface area contributed by atoms with Gasteiger partial charge in [-0.05, 0) is 19.8 Å². The van der Waals surface area contributed by atoms with Crippen LogP contribution in [0.4, 0.5) is 0 Å². The standard InChI is InChI=1S/C14H25N3O3/c1-11(10-13(18)15-8-9-20-2)16-17-14(19)12-6-4-3-5-7-12/h12H,3-10H2,1-2H3,(H,15,18)(H,17,19). The molecule has 0 atom stereocenters. The van der Waals surface area contributed by atoms with E-state index in [9.17, 15) is 9.59 Å². The fourth-order valence-corrected chi connectivity index (χ4v) is 2.23. The van der Waals surface area contributed by atoms with Crippen LogP contribution in [0.1, 0.15) is 45.4 Å². The lowest BCUT2D eigenvalue weighted by Crippen LogP contribution is -2.31. The number of carbonyl (C=O) groups is 2. The van der Waals surface area contributed by atoms with Crippen molar-refractivity contribution in [3.63, 3.8) is 0 Å². The molecule has 0 spiro atoms. The van der Waals surface area contributed by atoms with E-state index < -0.39 is 0 Å². The summed E-state index contributed by atoms with van der Waals surface area (Å²) < 4.78 is 4.84. The zero-order valence-corrected chi connectivity index (χ0v) is 12.4. The van der Waals surface area contributed by atoms with E-state index in [1.54, 1.807) is 14.0 Å². The second kappa shape index (κ2) is 9.47. The zero-order valence-electron chi connectivity index (χ0n) is 12.4. The molecule has 1 aliphatic rings. The summed E-state index contributed by atoms with van der Waals surface area (Å²) in [5, 5.41) is 6.70. The normalized spacial score (nSPS) is 16.8. The summed E-state index contributed by atoms with van der Waals surface area (Å²) in [7, 11) is 1.58. The van der Waals surface area contributed by atoms with Crippen LogP contribution in [0.5, 0.6) is 0 Å². The number of hydrogen-bond acceptors (Lipinski definition) is 4. The highest BCUT2D eigenvalue weighted by molar-refractivity contribution is 6.00. The van der Waals surface area contributed by atoms with Gasteiger partial charge in [-0.1, -0.05) is 19.3 Å². The first kappa shape index (κ1) is 16.6. The van der Waals surface area contributed by atoms with Crippen LogP contribution in [-0.2, 0) is 14.3 Å². The van der Waals surface area contributed by atoms with E-state index >= 15 is 0 Å². The number of nitrogens with one attached hydrogen (secondary N) is 2. The van der Waals surface area contributed by atoms with Crippen molar-refractivity contribution >= 4 is 17.5 Å². The summed E-state index contributed by atoms with van der Waals surface area (Å²) in [5.41, 5.74) is 3.17. The fourth-order valence-electron chi connectivity index (χ4n) is 2.23. The molecular formula is C14H25N3O3. The molecule has 0 unspecified atom stereocenters. The monoisotopic (exact) mass is 283 g/mol. The van der Waals surface area contributed by atoms with E-state index in [-0.39, 0.29) is 24.2 Å². The lowest BCUT2D eigenvalue weighted by Gasteiger charge is -2.19. The van der Waals surface area contributed by atoms with Crippen molar-refractivity contribution in [3.8, 4) is 0 Å². The van der Waals surface area contributed by atoms with Crippen molar-refractivity contribution < 1.29 is 14.3 Å². The second-order valence-electron chi connectivity index (χ2n) is 5.18. The van der Waals surface area contributed by atoms with Crippen molar-refractivity contribution in [3.05, 3.63) is 0 Å². The van der Waals surface area contributed by atoms with E-state index in [2.05, 4.69) is 15.8 Å². The van der Waals surface area contributed by atoms with E-state index in [1.807, 2.05) is 0 Å². The van der Waals surface area contributed by atoms with Gasteiger partial charge in [-0.3, -0.25) is 9.59 Å². The molecule has 2 amide bonds. The number of ether oxygens (including phenoxy) is 1. The Hall–Kier alpha value is -1.43. The van der Waals surface area contributed by atoms with Gasteiger partial charge in [-0.25, -0.2) is 5.43 Å². The Bertz CT molecular complexity index is 350. The maximum absolute atomic E-state index is 11.9. The Morgan fingerprint density at radius 1 is 1.25 bits per heavy atom. The summed E-state index contributed by atoms with van der Waals surface area (Å²) in [6.07, 6.45) is 5.52. The molecule has 2 N–H and O–H groups in total. The molecule has 114 valence electrons. The number of nitrogens with zero attached hydrogens (tertiary/aromatic N) is 1. The van der Waals surface area contributed by atoms with Gasteiger partial charge in [-0.2, -0.15) is 5.10 Å². The Labute approximate surface area is 120 Å². The molecule has 0 aromatic heterocycles. The highest BCUT2D eigenvalue weighted by Gasteiger charge is 2.20. The van der Waals surface area contributed by atoms with E-state index in [0.29, 0.717) is 18.9 Å². The first-order chi connectivity index (χ1) is 9.63. The molecule has 0 bridgehead atoms. The predicted molar refractivity (Wildman–Crippen MR) is 77.3 cm³/mol. The minimum atomic E-state index is -0.116. The maximum atomic E-state index is 11.9. The third kappa shape index (κ3) is 6.65. The molecule has 6 heteroatoms. The molecule has 1 aliphatic carbocycles. The summed E-state index contributed by atoms with van der Waals surface area (Å²) in [6.45, 7) is 2.70. The Morgan fingerprint density at radius 3 is 2.60 bits per heavy atom. The van der Waals surface area contributed by atoms with Crippen LogP contribution in [0.15, 0.2) is 5.10 Å². The molecular weight excluding hydrogens is 258 g/mol. The molecule has 0 aromatic carbocycles. The lowest BCUT2D eigenvalue weighted by atomic mass is 9.89. The summed E-state index contributed by atoms with van der Waals surface area (Å²) in [6, 6.07) is 0. The van der Waals surface area contributed by atoms with Crippen LogP contribution >= 0.6 is 0 Å². The van der Waals surface area contributed by atoms with Gasteiger partial charge in [0.15, 0.2) is 0 Å². The van der Waals surface area contributed by atoms with Crippen molar-refractivity contribution in [1.82, 2.24) is 10.7 Å². The Morgan fingerprint density at radius 2 is 1.95 bits per heavy atom. The number of hydrazone groups is 1. The average molecular weight is 283 g/mol. The smallest absolute Gasteiger partial charge is 0.243 e. The summed E-state index contributed by atoms with van der Waals surface area (Å²) in [5.74, 6) is -0.0603. The minimum absolute atomic E-state index is 0.0242. The SMILES string of the molecule is COCCNC(=O)CC(C)=NNC(=O)C1CCCCC1. The number of methoxy groups -OCH3 is 1. The number of amides is 2. The third-order valence-corrected chi connectivity index (χ3v) is 3.38. The van der Waals surface area contributed by atoms with Crippen molar-refractivity contribution in [2.45, 2.75) is 45.4 Å². The maximum Gasteiger partial charge on any atom is 0.243 e. The van der Waals surface area contributed by atoms with Crippen LogP contribution in [0.25, 0.3) is 0 Å². The number of rotatable bonds is 7. The van der Waals surface area contributed by atoms with Gasteiger partial charge in [0.25, 0.3) is 0 Å². The molecule has 0 radical (unpaired) electrons. The van der Waals surface area contributed by atoms with Crippen LogP contribution in [0.2, 0.25) is 0 Å². The van der Waals surface area contributed by atoms with Crippen LogP contribution in [0, 0.1) is 5.92 Å². The molecule has 0 saturated heterocycles. The largest absolute Gasteiger partial charge is 0.383 e. The molecule has 0 aliphatic heterocycles. The summed E-state index contributed by atoms with van der Waals surface area (Å²) in [4.78, 5) is 23.4. The first-order valence-corrected chi connectivity index (χ1v) is 7.22. The molecule has 1 fully saturated rings. The lowest BCUT2D eigenvalue weighted by molar-refractivity contribution is -0.126. The second-order valence-corrected chi connectivity index (χ2v) is 5.18. The van der Waals surface area contributed by atoms with Crippen molar-refractivity contribution in [2.75, 3.05) is 20.3 Å². The van der Waals surface area contributed by atoms with Gasteiger partial charge >= 0.3 is 0 Å². The highest BCUT2D eigenvalue weighted by atomic mass is 16.5. The van der Waals surface area contributed by atoms with E-state index in [1.165, 1.54) is 6.42 Å². The van der Waals surface area contributed by atoms with Gasteiger partial charge in [0.1, 0.15) is 0 Å². The molecule has 1 saturated carbocycles. The van der Waals surface area contributed by atoms with Gasteiger partial charge in [0.05, 0.1) is 13.0 Å². The Balaban J connectivity index is 2.26. The van der Waals surface area contributed by atoms with Crippen LogP contribution in [-0.4, -0.2) is 37.8 Å². The van der Waals surface area contributed by atoms with E-state index in [0.717, 1.165) is 25.7 Å². The first-order valence-electron chi connectivity index (χ1n) is 7.22. The van der Waals surface area contributed by atoms with Crippen molar-refractivity contribution in [1.29, 1.82) is 0 Å². The molecule has 6 nitrogen and oxygen atoms in total. The van der Waals surface area contributed by atoms with Crippen LogP contribution < -0.4 is 10.7 Å². The van der Waals surface area contributed by atoms with Gasteiger partial charge in [-0.15, -0.1) is 0 Å². The predicted octanol–water partition coefficient (Wildman–Crippen LogP) is 1.21. The topological polar surface area (TPSA) is 79.8 Å². The highest BCUT2D eigenvalue weighted by Crippen LogP contribution is 2.23. The number of carbonyl (C=O) groups excluding carboxylic acids is 2. The fraction of sp³-hybridized carbons (Fsp3) is 0.786. The van der Waals surface area contributed by atoms with Crippen molar-refractivity contribution in [2.24, 2.45) is 11.0 Å². The quantitative estimate of drug-likeness (QED) is 0.419. The Kier molecular flexibility index (Phi) is 7.87. The number of hydrogen-bond donors (Lipinski definition) is 2. The van der Waals surface area contributed by atoms with Gasteiger partial charge in [0.2, 0.25) is 11.8 Å². The minimum Gasteiger partial charge on any atom is -0.383 e. The van der Waals surface area contributed by atoms with E-state index in [4.69, 9.17) is 4.74 Å². The molecule has 20 heavy (non-hydrogen) atoms. The average Bonchev–Trinajstić information content (AvgIpc) is 2.46. The van der Waals surface area contributed by atoms with Gasteiger partial charge in [0, 0.05) is 25.3 Å². The molecule has 0 heterocycles. The van der Waals surface area contributed by atoms with Crippen LogP contribution in [0.3, 0.4) is 0 Å². The van der Waals surface area contributed by atoms with Gasteiger partial charge < -0.3 is 10.1 Å².